The van der Waals surface area contributed by atoms with Crippen molar-refractivity contribution in [3.05, 3.63) is 35.5 Å². The lowest BCUT2D eigenvalue weighted by atomic mass is 10.0. The van der Waals surface area contributed by atoms with Crippen molar-refractivity contribution in [3.8, 4) is 0 Å². The molecule has 1 aromatic rings. The zero-order valence-corrected chi connectivity index (χ0v) is 9.77. The van der Waals surface area contributed by atoms with Gasteiger partial charge in [0.05, 0.1) is 5.69 Å². The fourth-order valence-electron chi connectivity index (χ4n) is 2.55. The van der Waals surface area contributed by atoms with Crippen molar-refractivity contribution in [2.45, 2.75) is 25.8 Å². The monoisotopic (exact) mass is 212 g/mol. The molecule has 82 valence electrons. The van der Waals surface area contributed by atoms with Gasteiger partial charge >= 0.3 is 0 Å². The fourth-order valence-corrected chi connectivity index (χ4v) is 2.55. The molecule has 1 aromatic carbocycles. The van der Waals surface area contributed by atoms with E-state index in [0.29, 0.717) is 6.04 Å². The topological polar surface area (TPSA) is 15.6 Å². The number of rotatable bonds is 0. The molecule has 2 heteroatoms. The molecule has 1 unspecified atom stereocenters. The molecule has 2 heterocycles. The van der Waals surface area contributed by atoms with E-state index < -0.39 is 0 Å². The van der Waals surface area contributed by atoms with Crippen LogP contribution in [0.1, 0.15) is 25.3 Å². The lowest BCUT2D eigenvalue weighted by Gasteiger charge is -2.20. The second-order valence-corrected chi connectivity index (χ2v) is 4.63. The van der Waals surface area contributed by atoms with Gasteiger partial charge in [-0.15, -0.1) is 0 Å². The van der Waals surface area contributed by atoms with Crippen molar-refractivity contribution in [1.29, 1.82) is 0 Å². The van der Waals surface area contributed by atoms with Gasteiger partial charge in [0, 0.05) is 36.1 Å². The van der Waals surface area contributed by atoms with Crippen LogP contribution in [0.4, 0.5) is 5.69 Å². The van der Waals surface area contributed by atoms with Gasteiger partial charge in [-0.2, -0.15) is 0 Å². The Balaban J connectivity index is 2.11. The van der Waals surface area contributed by atoms with E-state index in [1.807, 2.05) is 12.3 Å². The third-order valence-corrected chi connectivity index (χ3v) is 3.72. The summed E-state index contributed by atoms with van der Waals surface area (Å²) in [5, 5.41) is 0. The third-order valence-electron chi connectivity index (χ3n) is 3.72. The van der Waals surface area contributed by atoms with E-state index in [2.05, 4.69) is 42.1 Å². The minimum Gasteiger partial charge on any atom is -0.375 e. The van der Waals surface area contributed by atoms with E-state index >= 15 is 0 Å². The van der Waals surface area contributed by atoms with E-state index in [-0.39, 0.29) is 0 Å². The molecular formula is C14H16N2. The highest BCUT2D eigenvalue weighted by Gasteiger charge is 2.25. The van der Waals surface area contributed by atoms with Gasteiger partial charge in [-0.3, -0.25) is 4.99 Å². The highest BCUT2D eigenvalue weighted by molar-refractivity contribution is 6.17. The molecule has 0 aliphatic carbocycles. The smallest absolute Gasteiger partial charge is 0.0709 e. The molecule has 2 nitrogen and oxygen atoms in total. The number of likely N-dealkylation sites (tertiary alicyclic amines) is 1. The lowest BCUT2D eigenvalue weighted by molar-refractivity contribution is 0.377. The van der Waals surface area contributed by atoms with Crippen molar-refractivity contribution in [1.82, 2.24) is 4.90 Å². The summed E-state index contributed by atoms with van der Waals surface area (Å²) in [6, 6.07) is 9.04. The minimum atomic E-state index is 0.656. The first-order valence-electron chi connectivity index (χ1n) is 5.87. The van der Waals surface area contributed by atoms with Crippen LogP contribution in [0.3, 0.4) is 0 Å². The molecule has 3 rings (SSSR count). The van der Waals surface area contributed by atoms with E-state index in [1.165, 1.54) is 29.7 Å². The summed E-state index contributed by atoms with van der Waals surface area (Å²) in [7, 11) is 2.19. The standard InChI is InChI=1S/C14H16N2/c1-10-7-8-14(16(10)2)12-9-15-13-6-4-3-5-11(12)13/h3-6,9-10H,7-8H2,1-2H3/b14-12+. The number of hydrogen-bond donors (Lipinski definition) is 0. The summed E-state index contributed by atoms with van der Waals surface area (Å²) in [4.78, 5) is 6.87. The van der Waals surface area contributed by atoms with Crippen LogP contribution < -0.4 is 0 Å². The van der Waals surface area contributed by atoms with Crippen molar-refractivity contribution in [2.75, 3.05) is 7.05 Å². The molecule has 0 spiro atoms. The second-order valence-electron chi connectivity index (χ2n) is 4.63. The summed E-state index contributed by atoms with van der Waals surface area (Å²) >= 11 is 0. The predicted octanol–water partition coefficient (Wildman–Crippen LogP) is 3.23. The Kier molecular flexibility index (Phi) is 2.10. The van der Waals surface area contributed by atoms with Crippen molar-refractivity contribution < 1.29 is 0 Å². The van der Waals surface area contributed by atoms with Gasteiger partial charge in [-0.25, -0.2) is 0 Å². The first-order chi connectivity index (χ1) is 7.77. The van der Waals surface area contributed by atoms with Crippen LogP contribution in [-0.4, -0.2) is 24.2 Å². The molecule has 1 fully saturated rings. The molecule has 1 saturated heterocycles. The number of nitrogens with zero attached hydrogens (tertiary/aromatic N) is 2. The number of benzene rings is 1. The minimum absolute atomic E-state index is 0.656. The fraction of sp³-hybridized carbons (Fsp3) is 0.357. The van der Waals surface area contributed by atoms with Crippen LogP contribution in [0.2, 0.25) is 0 Å². The number of para-hydroxylation sites is 1. The molecule has 0 aromatic heterocycles. The Labute approximate surface area is 96.3 Å². The summed E-state index contributed by atoms with van der Waals surface area (Å²) in [6.45, 7) is 2.28. The Morgan fingerprint density at radius 1 is 1.31 bits per heavy atom. The largest absolute Gasteiger partial charge is 0.375 e. The van der Waals surface area contributed by atoms with Crippen molar-refractivity contribution in [3.63, 3.8) is 0 Å². The summed E-state index contributed by atoms with van der Waals surface area (Å²) in [5.41, 5.74) is 5.17. The highest BCUT2D eigenvalue weighted by Crippen LogP contribution is 2.38. The van der Waals surface area contributed by atoms with Gasteiger partial charge < -0.3 is 4.90 Å². The molecule has 0 bridgehead atoms. The first kappa shape index (κ1) is 9.64. The highest BCUT2D eigenvalue weighted by atomic mass is 15.2. The van der Waals surface area contributed by atoms with Crippen LogP contribution in [0.25, 0.3) is 5.57 Å². The molecule has 2 aliphatic rings. The van der Waals surface area contributed by atoms with Crippen LogP contribution in [-0.2, 0) is 0 Å². The quantitative estimate of drug-likeness (QED) is 0.644. The maximum absolute atomic E-state index is 4.48. The van der Waals surface area contributed by atoms with Crippen LogP contribution >= 0.6 is 0 Å². The van der Waals surface area contributed by atoms with Gasteiger partial charge in [0.2, 0.25) is 0 Å². The third kappa shape index (κ3) is 1.29. The van der Waals surface area contributed by atoms with Crippen molar-refractivity contribution >= 4 is 17.5 Å². The Morgan fingerprint density at radius 2 is 2.12 bits per heavy atom. The summed E-state index contributed by atoms with van der Waals surface area (Å²) in [5.74, 6) is 0. The SMILES string of the molecule is CC1CC/C(=C2/C=Nc3ccccc32)N1C. The van der Waals surface area contributed by atoms with Crippen LogP contribution in [0, 0.1) is 0 Å². The number of hydrogen-bond acceptors (Lipinski definition) is 2. The molecule has 0 N–H and O–H groups in total. The first-order valence-corrected chi connectivity index (χ1v) is 5.87. The predicted molar refractivity (Wildman–Crippen MR) is 68.0 cm³/mol. The molecule has 2 aliphatic heterocycles. The number of allylic oxidation sites excluding steroid dienone is 2. The van der Waals surface area contributed by atoms with E-state index in [0.717, 1.165) is 5.69 Å². The molecule has 0 saturated carbocycles. The molecule has 0 radical (unpaired) electrons. The summed E-state index contributed by atoms with van der Waals surface area (Å²) < 4.78 is 0. The van der Waals surface area contributed by atoms with E-state index in [1.54, 1.807) is 0 Å². The Morgan fingerprint density at radius 3 is 2.88 bits per heavy atom. The van der Waals surface area contributed by atoms with Crippen LogP contribution in [0.15, 0.2) is 35.0 Å². The molecule has 1 atom stereocenters. The maximum atomic E-state index is 4.48. The zero-order chi connectivity index (χ0) is 11.1. The van der Waals surface area contributed by atoms with Crippen molar-refractivity contribution in [2.24, 2.45) is 4.99 Å². The normalized spacial score (nSPS) is 27.6. The number of aliphatic imine (C=N–C) groups is 1. The zero-order valence-electron chi connectivity index (χ0n) is 9.77. The Bertz CT molecular complexity index is 485. The van der Waals surface area contributed by atoms with Gasteiger partial charge in [0.1, 0.15) is 0 Å². The average molecular weight is 212 g/mol. The maximum Gasteiger partial charge on any atom is 0.0709 e. The molecular weight excluding hydrogens is 196 g/mol. The second kappa shape index (κ2) is 3.48. The van der Waals surface area contributed by atoms with E-state index in [9.17, 15) is 0 Å². The average Bonchev–Trinajstić information content (AvgIpc) is 2.85. The molecule has 16 heavy (non-hydrogen) atoms. The van der Waals surface area contributed by atoms with E-state index in [4.69, 9.17) is 0 Å². The van der Waals surface area contributed by atoms with Crippen LogP contribution in [0.5, 0.6) is 0 Å². The summed E-state index contributed by atoms with van der Waals surface area (Å²) in [6.07, 6.45) is 4.45. The molecule has 0 amide bonds. The van der Waals surface area contributed by atoms with Gasteiger partial charge in [-0.1, -0.05) is 18.2 Å². The van der Waals surface area contributed by atoms with Gasteiger partial charge in [-0.05, 0) is 25.8 Å². The van der Waals surface area contributed by atoms with Gasteiger partial charge in [0.15, 0.2) is 0 Å². The number of fused-ring (bicyclic) bond motifs is 1. The Hall–Kier alpha value is -1.57. The lowest BCUT2D eigenvalue weighted by Crippen LogP contribution is -2.20. The van der Waals surface area contributed by atoms with Gasteiger partial charge in [0.25, 0.3) is 0 Å².